The van der Waals surface area contributed by atoms with Crippen molar-refractivity contribution < 1.29 is 14.3 Å². The maximum Gasteiger partial charge on any atom is 0.199 e. The number of hydrogen-bond donors (Lipinski definition) is 0. The lowest BCUT2D eigenvalue weighted by Crippen LogP contribution is -2.24. The molecule has 1 saturated heterocycles. The highest BCUT2D eigenvalue weighted by Gasteiger charge is 2.14. The van der Waals surface area contributed by atoms with E-state index in [9.17, 15) is 4.79 Å². The van der Waals surface area contributed by atoms with E-state index in [4.69, 9.17) is 9.47 Å². The highest BCUT2D eigenvalue weighted by Crippen LogP contribution is 2.20. The van der Waals surface area contributed by atoms with Crippen LogP contribution in [-0.2, 0) is 4.74 Å². The molecule has 1 heterocycles. The molecule has 0 saturated carbocycles. The van der Waals surface area contributed by atoms with Gasteiger partial charge in [0, 0.05) is 12.0 Å². The van der Waals surface area contributed by atoms with Gasteiger partial charge in [0.1, 0.15) is 5.75 Å². The molecule has 0 N–H and O–H groups in total. The molecule has 0 spiro atoms. The van der Waals surface area contributed by atoms with Crippen LogP contribution in [0, 0.1) is 0 Å². The summed E-state index contributed by atoms with van der Waals surface area (Å²) >= 11 is 0. The number of rotatable bonds is 5. The minimum absolute atomic E-state index is 0.00142. The summed E-state index contributed by atoms with van der Waals surface area (Å²) in [6.45, 7) is 0.771. The van der Waals surface area contributed by atoms with Crippen molar-refractivity contribution in [3.05, 3.63) is 71.8 Å². The summed E-state index contributed by atoms with van der Waals surface area (Å²) in [6.07, 6.45) is 6.47. The highest BCUT2D eigenvalue weighted by atomic mass is 16.7. The molecule has 1 aliphatic heterocycles. The predicted octanol–water partition coefficient (Wildman–Crippen LogP) is 4.49. The van der Waals surface area contributed by atoms with Crippen molar-refractivity contribution in [3.63, 3.8) is 0 Å². The van der Waals surface area contributed by atoms with Crippen molar-refractivity contribution in [1.82, 2.24) is 0 Å². The Bertz CT molecular complexity index is 653. The molecular formula is C20H20O3. The zero-order valence-electron chi connectivity index (χ0n) is 13.0. The summed E-state index contributed by atoms with van der Waals surface area (Å²) < 4.78 is 11.4. The van der Waals surface area contributed by atoms with Gasteiger partial charge in [0.15, 0.2) is 12.1 Å². The first-order valence-corrected chi connectivity index (χ1v) is 7.97. The molecular weight excluding hydrogens is 288 g/mol. The number of allylic oxidation sites excluding steroid dienone is 1. The topological polar surface area (TPSA) is 35.5 Å². The second kappa shape index (κ2) is 7.75. The zero-order valence-corrected chi connectivity index (χ0v) is 13.0. The Hall–Kier alpha value is -2.39. The van der Waals surface area contributed by atoms with Crippen LogP contribution in [0.25, 0.3) is 6.08 Å². The first-order valence-electron chi connectivity index (χ1n) is 7.97. The summed E-state index contributed by atoms with van der Waals surface area (Å²) in [5, 5.41) is 0. The van der Waals surface area contributed by atoms with Crippen molar-refractivity contribution >= 4 is 11.9 Å². The molecule has 1 unspecified atom stereocenters. The Morgan fingerprint density at radius 3 is 2.52 bits per heavy atom. The minimum Gasteiger partial charge on any atom is -0.465 e. The average Bonchev–Trinajstić information content (AvgIpc) is 2.62. The van der Waals surface area contributed by atoms with E-state index in [0.29, 0.717) is 5.56 Å². The van der Waals surface area contributed by atoms with Crippen LogP contribution in [0.1, 0.15) is 35.2 Å². The number of carbonyl (C=O) groups excluding carboxylic acids is 1. The molecule has 2 aromatic carbocycles. The maximum absolute atomic E-state index is 12.0. The maximum atomic E-state index is 12.0. The van der Waals surface area contributed by atoms with E-state index in [1.54, 1.807) is 6.08 Å². The zero-order chi connectivity index (χ0) is 15.9. The lowest BCUT2D eigenvalue weighted by molar-refractivity contribution is -0.105. The normalized spacial score (nSPS) is 18.0. The first-order chi connectivity index (χ1) is 11.3. The molecule has 1 fully saturated rings. The van der Waals surface area contributed by atoms with Crippen LogP contribution in [-0.4, -0.2) is 18.7 Å². The van der Waals surface area contributed by atoms with Gasteiger partial charge in [0.05, 0.1) is 6.61 Å². The van der Waals surface area contributed by atoms with Crippen LogP contribution in [0.3, 0.4) is 0 Å². The van der Waals surface area contributed by atoms with Crippen LogP contribution >= 0.6 is 0 Å². The minimum atomic E-state index is -0.134. The number of carbonyl (C=O) groups is 1. The third kappa shape index (κ3) is 4.54. The second-order valence-electron chi connectivity index (χ2n) is 5.55. The molecule has 0 amide bonds. The van der Waals surface area contributed by atoms with Gasteiger partial charge in [-0.3, -0.25) is 4.79 Å². The third-order valence-corrected chi connectivity index (χ3v) is 3.77. The standard InChI is InChI=1S/C20H20O3/c21-19(17-6-2-1-3-7-17)14-11-16-9-12-18(13-10-16)23-20-8-4-5-15-22-20/h1-3,6-7,9-14,20H,4-5,8,15H2/b14-11+. The van der Waals surface area contributed by atoms with E-state index in [1.807, 2.05) is 60.7 Å². The Labute approximate surface area is 136 Å². The second-order valence-corrected chi connectivity index (χ2v) is 5.55. The monoisotopic (exact) mass is 308 g/mol. The van der Waals surface area contributed by atoms with Gasteiger partial charge >= 0.3 is 0 Å². The lowest BCUT2D eigenvalue weighted by Gasteiger charge is -2.23. The first kappa shape index (κ1) is 15.5. The fourth-order valence-electron chi connectivity index (χ4n) is 2.48. The molecule has 0 radical (unpaired) electrons. The van der Waals surface area contributed by atoms with E-state index in [-0.39, 0.29) is 12.1 Å². The fraction of sp³-hybridized carbons (Fsp3) is 0.250. The summed E-state index contributed by atoms with van der Waals surface area (Å²) in [5.74, 6) is 0.796. The lowest BCUT2D eigenvalue weighted by atomic mass is 10.1. The smallest absolute Gasteiger partial charge is 0.199 e. The van der Waals surface area contributed by atoms with E-state index < -0.39 is 0 Å². The van der Waals surface area contributed by atoms with Crippen molar-refractivity contribution in [2.75, 3.05) is 6.61 Å². The third-order valence-electron chi connectivity index (χ3n) is 3.77. The van der Waals surface area contributed by atoms with E-state index in [1.165, 1.54) is 0 Å². The van der Waals surface area contributed by atoms with Crippen LogP contribution in [0.5, 0.6) is 5.75 Å². The largest absolute Gasteiger partial charge is 0.465 e. The quantitative estimate of drug-likeness (QED) is 0.603. The molecule has 1 aliphatic rings. The molecule has 2 aromatic rings. The molecule has 23 heavy (non-hydrogen) atoms. The van der Waals surface area contributed by atoms with E-state index in [2.05, 4.69) is 0 Å². The van der Waals surface area contributed by atoms with Crippen LogP contribution in [0.4, 0.5) is 0 Å². The van der Waals surface area contributed by atoms with Crippen molar-refractivity contribution in [3.8, 4) is 5.75 Å². The Morgan fingerprint density at radius 1 is 1.04 bits per heavy atom. The predicted molar refractivity (Wildman–Crippen MR) is 90.5 cm³/mol. The Morgan fingerprint density at radius 2 is 1.83 bits per heavy atom. The Kier molecular flexibility index (Phi) is 5.22. The number of ether oxygens (including phenoxy) is 2. The molecule has 3 rings (SSSR count). The van der Waals surface area contributed by atoms with Crippen LogP contribution in [0.15, 0.2) is 60.7 Å². The van der Waals surface area contributed by atoms with Gasteiger partial charge in [0.25, 0.3) is 0 Å². The molecule has 0 bridgehead atoms. The van der Waals surface area contributed by atoms with Gasteiger partial charge in [-0.2, -0.15) is 0 Å². The van der Waals surface area contributed by atoms with Crippen LogP contribution < -0.4 is 4.74 Å². The molecule has 3 heteroatoms. The van der Waals surface area contributed by atoms with E-state index >= 15 is 0 Å². The van der Waals surface area contributed by atoms with Gasteiger partial charge in [0.2, 0.25) is 0 Å². The van der Waals surface area contributed by atoms with Crippen molar-refractivity contribution in [2.24, 2.45) is 0 Å². The summed E-state index contributed by atoms with van der Waals surface area (Å²) in [5.41, 5.74) is 1.66. The van der Waals surface area contributed by atoms with Gasteiger partial charge in [-0.25, -0.2) is 0 Å². The van der Waals surface area contributed by atoms with Gasteiger partial charge in [-0.15, -0.1) is 0 Å². The highest BCUT2D eigenvalue weighted by molar-refractivity contribution is 6.06. The SMILES string of the molecule is O=C(/C=C/c1ccc(OC2CCCCO2)cc1)c1ccccc1. The molecule has 3 nitrogen and oxygen atoms in total. The average molecular weight is 308 g/mol. The number of ketones is 1. The fourth-order valence-corrected chi connectivity index (χ4v) is 2.48. The Balaban J connectivity index is 1.58. The van der Waals surface area contributed by atoms with Gasteiger partial charge in [-0.1, -0.05) is 48.5 Å². The summed E-state index contributed by atoms with van der Waals surface area (Å²) in [7, 11) is 0. The molecule has 0 aliphatic carbocycles. The summed E-state index contributed by atoms with van der Waals surface area (Å²) in [4.78, 5) is 12.0. The van der Waals surface area contributed by atoms with Gasteiger partial charge in [-0.05, 0) is 36.6 Å². The van der Waals surface area contributed by atoms with Crippen molar-refractivity contribution in [1.29, 1.82) is 0 Å². The molecule has 118 valence electrons. The molecule has 1 atom stereocenters. The molecule has 0 aromatic heterocycles. The van der Waals surface area contributed by atoms with Gasteiger partial charge < -0.3 is 9.47 Å². The van der Waals surface area contributed by atoms with Crippen LogP contribution in [0.2, 0.25) is 0 Å². The number of benzene rings is 2. The number of hydrogen-bond acceptors (Lipinski definition) is 3. The summed E-state index contributed by atoms with van der Waals surface area (Å²) in [6, 6.07) is 16.9. The van der Waals surface area contributed by atoms with E-state index in [0.717, 1.165) is 37.2 Å². The van der Waals surface area contributed by atoms with Crippen molar-refractivity contribution in [2.45, 2.75) is 25.6 Å².